The molecule has 0 N–H and O–H groups in total. The molecule has 1 aliphatic heterocycles. The first-order chi connectivity index (χ1) is 11.6. The molecular weight excluding hydrogens is 336 g/mol. The Kier molecular flexibility index (Phi) is 5.37. The van der Waals surface area contributed by atoms with E-state index in [4.69, 9.17) is 0 Å². The van der Waals surface area contributed by atoms with E-state index in [2.05, 4.69) is 14.6 Å². The van der Waals surface area contributed by atoms with Gasteiger partial charge in [-0.1, -0.05) is 12.1 Å². The predicted octanol–water partition coefficient (Wildman–Crippen LogP) is 2.70. The quantitative estimate of drug-likeness (QED) is 0.829. The van der Waals surface area contributed by atoms with Crippen molar-refractivity contribution in [1.82, 2.24) is 14.8 Å². The van der Waals surface area contributed by atoms with Crippen LogP contribution in [-0.2, 0) is 6.54 Å². The molecule has 1 saturated heterocycles. The number of amides is 1. The first-order valence-electron chi connectivity index (χ1n) is 7.56. The zero-order valence-electron chi connectivity index (χ0n) is 12.9. The maximum absolute atomic E-state index is 12.6. The lowest BCUT2D eigenvalue weighted by Gasteiger charge is -2.34. The van der Waals surface area contributed by atoms with E-state index in [9.17, 15) is 13.6 Å². The van der Waals surface area contributed by atoms with Crippen LogP contribution >= 0.6 is 11.3 Å². The van der Waals surface area contributed by atoms with Crippen LogP contribution < -0.4 is 4.74 Å². The summed E-state index contributed by atoms with van der Waals surface area (Å²) in [6.07, 6.45) is 0. The summed E-state index contributed by atoms with van der Waals surface area (Å²) in [6.45, 7) is 0.352. The van der Waals surface area contributed by atoms with E-state index in [1.807, 2.05) is 5.38 Å². The number of ether oxygens (including phenoxy) is 1. The van der Waals surface area contributed by atoms with Crippen LogP contribution in [0.1, 0.15) is 16.1 Å². The molecule has 1 aliphatic rings. The normalized spacial score (nSPS) is 15.7. The lowest BCUT2D eigenvalue weighted by molar-refractivity contribution is -0.0503. The number of para-hydroxylation sites is 1. The third-order valence-electron chi connectivity index (χ3n) is 3.86. The number of hydrogen-bond donors (Lipinski definition) is 0. The third-order valence-corrected chi connectivity index (χ3v) is 4.50. The summed E-state index contributed by atoms with van der Waals surface area (Å²) in [5.74, 6) is -0.359. The van der Waals surface area contributed by atoms with Crippen molar-refractivity contribution < 1.29 is 18.3 Å². The van der Waals surface area contributed by atoms with Gasteiger partial charge in [0, 0.05) is 38.1 Å². The summed E-state index contributed by atoms with van der Waals surface area (Å²) in [5, 5.41) is 2.01. The molecule has 24 heavy (non-hydrogen) atoms. The smallest absolute Gasteiger partial charge is 0.387 e. The second kappa shape index (κ2) is 7.67. The predicted molar refractivity (Wildman–Crippen MR) is 86.4 cm³/mol. The van der Waals surface area contributed by atoms with Crippen molar-refractivity contribution in [3.8, 4) is 5.75 Å². The Morgan fingerprint density at radius 2 is 2.00 bits per heavy atom. The second-order valence-corrected chi connectivity index (χ2v) is 6.14. The Bertz CT molecular complexity index is 674. The fourth-order valence-electron chi connectivity index (χ4n) is 2.67. The van der Waals surface area contributed by atoms with E-state index in [-0.39, 0.29) is 17.2 Å². The van der Waals surface area contributed by atoms with Crippen LogP contribution in [0.25, 0.3) is 0 Å². The molecule has 8 heteroatoms. The Labute approximate surface area is 142 Å². The lowest BCUT2D eigenvalue weighted by atomic mass is 10.1. The summed E-state index contributed by atoms with van der Waals surface area (Å²) >= 11 is 1.56. The van der Waals surface area contributed by atoms with Crippen molar-refractivity contribution >= 4 is 17.2 Å². The van der Waals surface area contributed by atoms with Crippen molar-refractivity contribution in [2.45, 2.75) is 13.2 Å². The Hall–Kier alpha value is -2.06. The van der Waals surface area contributed by atoms with E-state index < -0.39 is 6.61 Å². The monoisotopic (exact) mass is 353 g/mol. The van der Waals surface area contributed by atoms with Crippen LogP contribution in [0.4, 0.5) is 8.78 Å². The van der Waals surface area contributed by atoms with E-state index >= 15 is 0 Å². The zero-order chi connectivity index (χ0) is 16.9. The topological polar surface area (TPSA) is 45.7 Å². The highest BCUT2D eigenvalue weighted by Gasteiger charge is 2.25. The van der Waals surface area contributed by atoms with Gasteiger partial charge >= 0.3 is 6.61 Å². The summed E-state index contributed by atoms with van der Waals surface area (Å²) in [5.41, 5.74) is 3.00. The van der Waals surface area contributed by atoms with Gasteiger partial charge in [0.15, 0.2) is 0 Å². The Morgan fingerprint density at radius 1 is 1.25 bits per heavy atom. The van der Waals surface area contributed by atoms with Crippen molar-refractivity contribution in [2.75, 3.05) is 26.2 Å². The molecule has 0 spiro atoms. The number of piperazine rings is 1. The van der Waals surface area contributed by atoms with Crippen molar-refractivity contribution in [3.05, 3.63) is 46.4 Å². The van der Waals surface area contributed by atoms with Crippen molar-refractivity contribution in [1.29, 1.82) is 0 Å². The van der Waals surface area contributed by atoms with Gasteiger partial charge in [0.2, 0.25) is 0 Å². The number of hydrogen-bond acceptors (Lipinski definition) is 5. The summed E-state index contributed by atoms with van der Waals surface area (Å²) in [6, 6.07) is 6.11. The molecule has 5 nitrogen and oxygen atoms in total. The number of halogens is 2. The van der Waals surface area contributed by atoms with Gasteiger partial charge in [-0.2, -0.15) is 8.78 Å². The van der Waals surface area contributed by atoms with Gasteiger partial charge in [-0.05, 0) is 12.1 Å². The van der Waals surface area contributed by atoms with Crippen molar-refractivity contribution in [2.24, 2.45) is 0 Å². The molecule has 2 aromatic rings. The molecule has 3 rings (SSSR count). The van der Waals surface area contributed by atoms with Gasteiger partial charge in [-0.3, -0.25) is 9.69 Å². The van der Waals surface area contributed by atoms with Crippen LogP contribution in [0.15, 0.2) is 35.2 Å². The molecule has 0 atom stereocenters. The first kappa shape index (κ1) is 16.8. The fourth-order valence-corrected chi connectivity index (χ4v) is 3.22. The van der Waals surface area contributed by atoms with Gasteiger partial charge in [0.25, 0.3) is 5.91 Å². The lowest BCUT2D eigenvalue weighted by Crippen LogP contribution is -2.48. The fraction of sp³-hybridized carbons (Fsp3) is 0.375. The van der Waals surface area contributed by atoms with E-state index in [0.717, 1.165) is 25.3 Å². The minimum absolute atomic E-state index is 0.0811. The standard InChI is InChI=1S/C16H17F2N3O2S/c17-16(18)23-14-4-2-1-3-13(14)15(22)21-7-5-20(6-8-21)9-12-10-24-11-19-12/h1-4,10-11,16H,5-9H2. The highest BCUT2D eigenvalue weighted by molar-refractivity contribution is 7.07. The molecule has 0 unspecified atom stereocenters. The number of alkyl halides is 2. The molecule has 2 heterocycles. The molecule has 1 aromatic carbocycles. The van der Waals surface area contributed by atoms with Gasteiger partial charge < -0.3 is 9.64 Å². The molecule has 0 aliphatic carbocycles. The van der Waals surface area contributed by atoms with E-state index in [1.54, 1.807) is 33.9 Å². The number of benzene rings is 1. The number of rotatable bonds is 5. The largest absolute Gasteiger partial charge is 0.434 e. The summed E-state index contributed by atoms with van der Waals surface area (Å²) in [4.78, 5) is 20.8. The number of carbonyl (C=O) groups is 1. The first-order valence-corrected chi connectivity index (χ1v) is 8.50. The average Bonchev–Trinajstić information content (AvgIpc) is 3.08. The minimum Gasteiger partial charge on any atom is -0.434 e. The van der Waals surface area contributed by atoms with Crippen LogP contribution in [0.3, 0.4) is 0 Å². The molecule has 0 radical (unpaired) electrons. The second-order valence-electron chi connectivity index (χ2n) is 5.42. The van der Waals surface area contributed by atoms with Crippen LogP contribution in [0.5, 0.6) is 5.75 Å². The zero-order valence-corrected chi connectivity index (χ0v) is 13.7. The molecule has 0 bridgehead atoms. The van der Waals surface area contributed by atoms with Crippen LogP contribution in [0.2, 0.25) is 0 Å². The Morgan fingerprint density at radius 3 is 2.67 bits per heavy atom. The number of carbonyl (C=O) groups excluding carboxylic acids is 1. The van der Waals surface area contributed by atoms with Gasteiger partial charge in [-0.25, -0.2) is 4.98 Å². The van der Waals surface area contributed by atoms with Crippen LogP contribution in [0, 0.1) is 0 Å². The number of nitrogens with zero attached hydrogens (tertiary/aromatic N) is 3. The average molecular weight is 353 g/mol. The number of thiazole rings is 1. The molecular formula is C16H17F2N3O2S. The minimum atomic E-state index is -2.95. The molecule has 1 fully saturated rings. The summed E-state index contributed by atoms with van der Waals surface area (Å²) in [7, 11) is 0. The molecule has 0 saturated carbocycles. The molecule has 128 valence electrons. The summed E-state index contributed by atoms with van der Waals surface area (Å²) < 4.78 is 29.4. The van der Waals surface area contributed by atoms with E-state index in [0.29, 0.717) is 13.1 Å². The molecule has 1 amide bonds. The Balaban J connectivity index is 1.61. The third kappa shape index (κ3) is 4.07. The maximum atomic E-state index is 12.6. The number of aromatic nitrogens is 1. The van der Waals surface area contributed by atoms with Gasteiger partial charge in [0.05, 0.1) is 16.8 Å². The SMILES string of the molecule is O=C(c1ccccc1OC(F)F)N1CCN(Cc2cscn2)CC1. The highest BCUT2D eigenvalue weighted by Crippen LogP contribution is 2.22. The molecule has 1 aromatic heterocycles. The van der Waals surface area contributed by atoms with E-state index in [1.165, 1.54) is 12.1 Å². The van der Waals surface area contributed by atoms with Crippen LogP contribution in [-0.4, -0.2) is 53.5 Å². The van der Waals surface area contributed by atoms with Crippen molar-refractivity contribution in [3.63, 3.8) is 0 Å². The van der Waals surface area contributed by atoms with Gasteiger partial charge in [-0.15, -0.1) is 11.3 Å². The highest BCUT2D eigenvalue weighted by atomic mass is 32.1. The van der Waals surface area contributed by atoms with Gasteiger partial charge in [0.1, 0.15) is 5.75 Å². The maximum Gasteiger partial charge on any atom is 0.387 e.